The Labute approximate surface area is 103 Å². The van der Waals surface area contributed by atoms with Gasteiger partial charge in [0.2, 0.25) is 0 Å². The molecule has 2 aromatic rings. The molecule has 0 bridgehead atoms. The number of aryl methyl sites for hydroxylation is 1. The quantitative estimate of drug-likeness (QED) is 0.770. The summed E-state index contributed by atoms with van der Waals surface area (Å²) >= 11 is 5.92. The van der Waals surface area contributed by atoms with Gasteiger partial charge in [0.15, 0.2) is 5.15 Å². The molecule has 0 saturated heterocycles. The third-order valence-corrected chi connectivity index (χ3v) is 2.65. The van der Waals surface area contributed by atoms with E-state index in [1.807, 2.05) is 6.07 Å². The number of halogens is 1. The van der Waals surface area contributed by atoms with Gasteiger partial charge in [-0.1, -0.05) is 28.9 Å². The maximum atomic E-state index is 11.4. The van der Waals surface area contributed by atoms with Gasteiger partial charge in [0.25, 0.3) is 0 Å². The summed E-state index contributed by atoms with van der Waals surface area (Å²) in [6, 6.07) is 6.95. The average molecular weight is 252 g/mol. The molecular weight excluding hydrogens is 242 g/mol. The number of carbonyl (C=O) groups excluding carboxylic acids is 1. The molecule has 0 spiro atoms. The fourth-order valence-corrected chi connectivity index (χ4v) is 1.86. The van der Waals surface area contributed by atoms with Crippen molar-refractivity contribution in [2.24, 2.45) is 0 Å². The molecule has 1 aromatic carbocycles. The zero-order valence-corrected chi connectivity index (χ0v) is 10.1. The molecule has 88 valence electrons. The number of esters is 1. The van der Waals surface area contributed by atoms with Gasteiger partial charge in [-0.2, -0.15) is 0 Å². The van der Waals surface area contributed by atoms with Crippen LogP contribution in [0.3, 0.4) is 0 Å². The van der Waals surface area contributed by atoms with Crippen LogP contribution < -0.4 is 0 Å². The first kappa shape index (κ1) is 11.7. The molecule has 0 N–H and O–H groups in total. The van der Waals surface area contributed by atoms with Gasteiger partial charge in [0.1, 0.15) is 5.76 Å². The predicted molar refractivity (Wildman–Crippen MR) is 63.0 cm³/mol. The van der Waals surface area contributed by atoms with E-state index in [0.29, 0.717) is 16.9 Å². The Hall–Kier alpha value is -1.81. The first-order chi connectivity index (χ1) is 8.13. The SMILES string of the molecule is COC(=O)c1cccc(-c2c(Cl)noc2C)c1. The molecule has 0 aliphatic carbocycles. The molecule has 0 aliphatic rings. The van der Waals surface area contributed by atoms with Gasteiger partial charge in [0.05, 0.1) is 18.2 Å². The minimum atomic E-state index is -0.392. The molecule has 0 amide bonds. The van der Waals surface area contributed by atoms with Gasteiger partial charge in [-0.3, -0.25) is 0 Å². The van der Waals surface area contributed by atoms with E-state index in [1.54, 1.807) is 25.1 Å². The molecule has 17 heavy (non-hydrogen) atoms. The summed E-state index contributed by atoms with van der Waals surface area (Å²) in [4.78, 5) is 11.4. The van der Waals surface area contributed by atoms with Crippen LogP contribution >= 0.6 is 11.6 Å². The second kappa shape index (κ2) is 4.59. The number of hydrogen-bond donors (Lipinski definition) is 0. The van der Waals surface area contributed by atoms with E-state index >= 15 is 0 Å². The predicted octanol–water partition coefficient (Wildman–Crippen LogP) is 3.09. The Bertz CT molecular complexity index is 543. The lowest BCUT2D eigenvalue weighted by atomic mass is 10.0. The van der Waals surface area contributed by atoms with E-state index in [-0.39, 0.29) is 5.15 Å². The minimum Gasteiger partial charge on any atom is -0.465 e. The van der Waals surface area contributed by atoms with Crippen LogP contribution in [0.2, 0.25) is 5.15 Å². The summed E-state index contributed by atoms with van der Waals surface area (Å²) in [7, 11) is 1.34. The van der Waals surface area contributed by atoms with Gasteiger partial charge in [-0.25, -0.2) is 4.79 Å². The first-order valence-electron chi connectivity index (χ1n) is 4.94. The van der Waals surface area contributed by atoms with Crippen LogP contribution in [0, 0.1) is 6.92 Å². The van der Waals surface area contributed by atoms with E-state index < -0.39 is 5.97 Å². The van der Waals surface area contributed by atoms with Crippen molar-refractivity contribution in [3.05, 3.63) is 40.7 Å². The number of hydrogen-bond acceptors (Lipinski definition) is 4. The minimum absolute atomic E-state index is 0.282. The van der Waals surface area contributed by atoms with Crippen molar-refractivity contribution in [1.29, 1.82) is 0 Å². The Kier molecular flexibility index (Phi) is 3.15. The second-order valence-electron chi connectivity index (χ2n) is 3.48. The van der Waals surface area contributed by atoms with Crippen molar-refractivity contribution in [3.8, 4) is 11.1 Å². The van der Waals surface area contributed by atoms with Crippen LogP contribution in [-0.4, -0.2) is 18.2 Å². The second-order valence-corrected chi connectivity index (χ2v) is 3.83. The summed E-state index contributed by atoms with van der Waals surface area (Å²) < 4.78 is 9.64. The topological polar surface area (TPSA) is 52.3 Å². The number of aromatic nitrogens is 1. The van der Waals surface area contributed by atoms with E-state index in [4.69, 9.17) is 16.1 Å². The standard InChI is InChI=1S/C12H10ClNO3/c1-7-10(11(13)14-17-7)8-4-3-5-9(6-8)12(15)16-2/h3-6H,1-2H3. The number of ether oxygens (including phenoxy) is 1. The lowest BCUT2D eigenvalue weighted by molar-refractivity contribution is 0.0601. The largest absolute Gasteiger partial charge is 0.465 e. The molecule has 0 fully saturated rings. The highest BCUT2D eigenvalue weighted by Crippen LogP contribution is 2.30. The summed E-state index contributed by atoms with van der Waals surface area (Å²) in [5.41, 5.74) is 1.93. The maximum Gasteiger partial charge on any atom is 0.337 e. The third kappa shape index (κ3) is 2.17. The van der Waals surface area contributed by atoms with Crippen LogP contribution in [0.1, 0.15) is 16.1 Å². The Morgan fingerprint density at radius 2 is 2.24 bits per heavy atom. The van der Waals surface area contributed by atoms with Gasteiger partial charge < -0.3 is 9.26 Å². The zero-order valence-electron chi connectivity index (χ0n) is 9.36. The van der Waals surface area contributed by atoms with Gasteiger partial charge >= 0.3 is 5.97 Å². The molecule has 0 saturated carbocycles. The van der Waals surface area contributed by atoms with Gasteiger partial charge in [-0.15, -0.1) is 0 Å². The number of carbonyl (C=O) groups is 1. The van der Waals surface area contributed by atoms with Crippen molar-refractivity contribution in [3.63, 3.8) is 0 Å². The Morgan fingerprint density at radius 1 is 1.47 bits per heavy atom. The summed E-state index contributed by atoms with van der Waals surface area (Å²) in [5.74, 6) is 0.217. The first-order valence-corrected chi connectivity index (χ1v) is 5.32. The lowest BCUT2D eigenvalue weighted by Crippen LogP contribution is -2.00. The fraction of sp³-hybridized carbons (Fsp3) is 0.167. The number of rotatable bonds is 2. The molecule has 5 heteroatoms. The van der Waals surface area contributed by atoms with Crippen LogP contribution in [-0.2, 0) is 4.74 Å². The van der Waals surface area contributed by atoms with Crippen molar-refractivity contribution < 1.29 is 14.1 Å². The average Bonchev–Trinajstić information content (AvgIpc) is 2.68. The van der Waals surface area contributed by atoms with E-state index in [1.165, 1.54) is 7.11 Å². The van der Waals surface area contributed by atoms with E-state index in [2.05, 4.69) is 9.89 Å². The molecule has 4 nitrogen and oxygen atoms in total. The van der Waals surface area contributed by atoms with Crippen molar-refractivity contribution >= 4 is 17.6 Å². The number of methoxy groups -OCH3 is 1. The maximum absolute atomic E-state index is 11.4. The van der Waals surface area contributed by atoms with Gasteiger partial charge in [-0.05, 0) is 24.6 Å². The summed E-state index contributed by atoms with van der Waals surface area (Å²) in [5, 5.41) is 3.94. The summed E-state index contributed by atoms with van der Waals surface area (Å²) in [6.45, 7) is 1.76. The van der Waals surface area contributed by atoms with Crippen molar-refractivity contribution in [2.45, 2.75) is 6.92 Å². The van der Waals surface area contributed by atoms with Crippen molar-refractivity contribution in [2.75, 3.05) is 7.11 Å². The molecule has 0 unspecified atom stereocenters. The lowest BCUT2D eigenvalue weighted by Gasteiger charge is -2.02. The van der Waals surface area contributed by atoms with E-state index in [0.717, 1.165) is 5.56 Å². The highest BCUT2D eigenvalue weighted by Gasteiger charge is 2.14. The smallest absolute Gasteiger partial charge is 0.337 e. The highest BCUT2D eigenvalue weighted by atomic mass is 35.5. The Balaban J connectivity index is 2.50. The molecule has 1 heterocycles. The molecule has 0 aliphatic heterocycles. The van der Waals surface area contributed by atoms with Crippen molar-refractivity contribution in [1.82, 2.24) is 5.16 Å². The Morgan fingerprint density at radius 3 is 2.82 bits per heavy atom. The van der Waals surface area contributed by atoms with Gasteiger partial charge in [0, 0.05) is 0 Å². The molecular formula is C12H10ClNO3. The molecule has 0 radical (unpaired) electrons. The van der Waals surface area contributed by atoms with Crippen LogP contribution in [0.4, 0.5) is 0 Å². The monoisotopic (exact) mass is 251 g/mol. The highest BCUT2D eigenvalue weighted by molar-refractivity contribution is 6.32. The van der Waals surface area contributed by atoms with E-state index in [9.17, 15) is 4.79 Å². The normalized spacial score (nSPS) is 10.3. The third-order valence-electron chi connectivity index (χ3n) is 2.39. The van der Waals surface area contributed by atoms with Crippen LogP contribution in [0.15, 0.2) is 28.8 Å². The number of benzene rings is 1. The fourth-order valence-electron chi connectivity index (χ4n) is 1.59. The molecule has 2 rings (SSSR count). The van der Waals surface area contributed by atoms with Crippen LogP contribution in [0.25, 0.3) is 11.1 Å². The number of nitrogens with zero attached hydrogens (tertiary/aromatic N) is 1. The molecule has 0 atom stereocenters. The summed E-state index contributed by atoms with van der Waals surface area (Å²) in [6.07, 6.45) is 0. The zero-order chi connectivity index (χ0) is 12.4. The van der Waals surface area contributed by atoms with Crippen LogP contribution in [0.5, 0.6) is 0 Å². The molecule has 1 aromatic heterocycles.